The van der Waals surface area contributed by atoms with E-state index >= 15 is 0 Å². The fraction of sp³-hybridized carbons (Fsp3) is 0.143. The smallest absolute Gasteiger partial charge is 0.141 e. The summed E-state index contributed by atoms with van der Waals surface area (Å²) in [4.78, 5) is 12.3. The zero-order chi connectivity index (χ0) is 7.68. The van der Waals surface area contributed by atoms with Crippen molar-refractivity contribution in [3.8, 4) is 0 Å². The minimum atomic E-state index is 0.907. The van der Waals surface area contributed by atoms with E-state index in [9.17, 15) is 0 Å². The van der Waals surface area contributed by atoms with Crippen LogP contribution >= 0.6 is 11.8 Å². The van der Waals surface area contributed by atoms with Crippen LogP contribution in [-0.2, 0) is 0 Å². The van der Waals surface area contributed by atoms with Gasteiger partial charge in [0.1, 0.15) is 12.0 Å². The van der Waals surface area contributed by atoms with E-state index in [4.69, 9.17) is 0 Å². The SMILES string of the molecule is CSc1c[nH]c2ncncc12. The highest BCUT2D eigenvalue weighted by Gasteiger charge is 2.00. The number of aromatic nitrogens is 3. The molecule has 0 aliphatic heterocycles. The topological polar surface area (TPSA) is 41.6 Å². The highest BCUT2D eigenvalue weighted by atomic mass is 32.2. The van der Waals surface area contributed by atoms with Crippen LogP contribution in [0.4, 0.5) is 0 Å². The van der Waals surface area contributed by atoms with E-state index in [1.807, 2.05) is 18.6 Å². The Morgan fingerprint density at radius 1 is 1.55 bits per heavy atom. The summed E-state index contributed by atoms with van der Waals surface area (Å²) in [6.07, 6.45) is 7.35. The third kappa shape index (κ3) is 0.991. The lowest BCUT2D eigenvalue weighted by Gasteiger charge is -1.88. The molecule has 2 rings (SSSR count). The number of hydrogen-bond donors (Lipinski definition) is 1. The molecule has 0 aliphatic rings. The molecule has 2 aromatic rings. The molecule has 0 atom stereocenters. The molecular formula is C7H7N3S. The standard InChI is InChI=1S/C7H7N3S/c1-11-6-3-9-7-5(6)2-8-4-10-7/h2-4H,1H3,(H,8,9,10). The van der Waals surface area contributed by atoms with Crippen LogP contribution < -0.4 is 0 Å². The highest BCUT2D eigenvalue weighted by molar-refractivity contribution is 7.98. The summed E-state index contributed by atoms with van der Waals surface area (Å²) in [6.45, 7) is 0. The monoisotopic (exact) mass is 165 g/mol. The van der Waals surface area contributed by atoms with Crippen molar-refractivity contribution < 1.29 is 0 Å². The third-order valence-electron chi connectivity index (χ3n) is 1.54. The molecule has 0 spiro atoms. The molecular weight excluding hydrogens is 158 g/mol. The summed E-state index contributed by atoms with van der Waals surface area (Å²) in [5.74, 6) is 0. The Balaban J connectivity index is 2.76. The van der Waals surface area contributed by atoms with Gasteiger partial charge in [0.25, 0.3) is 0 Å². The van der Waals surface area contributed by atoms with Crippen molar-refractivity contribution in [3.05, 3.63) is 18.7 Å². The molecule has 3 nitrogen and oxygen atoms in total. The molecule has 4 heteroatoms. The Labute approximate surface area is 68.2 Å². The van der Waals surface area contributed by atoms with E-state index in [2.05, 4.69) is 15.0 Å². The molecule has 0 radical (unpaired) electrons. The minimum absolute atomic E-state index is 0.907. The van der Waals surface area contributed by atoms with Gasteiger partial charge in [-0.2, -0.15) is 0 Å². The van der Waals surface area contributed by atoms with E-state index in [0.29, 0.717) is 0 Å². The van der Waals surface area contributed by atoms with Gasteiger partial charge in [-0.05, 0) is 6.26 Å². The van der Waals surface area contributed by atoms with Crippen LogP contribution in [0.25, 0.3) is 11.0 Å². The number of thioether (sulfide) groups is 1. The molecule has 2 heterocycles. The fourth-order valence-electron chi connectivity index (χ4n) is 1.01. The van der Waals surface area contributed by atoms with Crippen LogP contribution in [0.1, 0.15) is 0 Å². The first-order chi connectivity index (χ1) is 5.42. The minimum Gasteiger partial charge on any atom is -0.345 e. The lowest BCUT2D eigenvalue weighted by Crippen LogP contribution is -1.76. The highest BCUT2D eigenvalue weighted by Crippen LogP contribution is 2.23. The van der Waals surface area contributed by atoms with Crippen LogP contribution in [0.2, 0.25) is 0 Å². The largest absolute Gasteiger partial charge is 0.345 e. The number of rotatable bonds is 1. The average molecular weight is 165 g/mol. The summed E-state index contributed by atoms with van der Waals surface area (Å²) >= 11 is 1.69. The first-order valence-corrected chi connectivity index (χ1v) is 4.45. The molecule has 11 heavy (non-hydrogen) atoms. The summed E-state index contributed by atoms with van der Waals surface area (Å²) in [6, 6.07) is 0. The lowest BCUT2D eigenvalue weighted by molar-refractivity contribution is 1.20. The number of H-pyrrole nitrogens is 1. The Morgan fingerprint density at radius 2 is 2.45 bits per heavy atom. The Hall–Kier alpha value is -1.03. The van der Waals surface area contributed by atoms with Crippen molar-refractivity contribution in [1.82, 2.24) is 15.0 Å². The molecule has 0 fully saturated rings. The second kappa shape index (κ2) is 2.54. The average Bonchev–Trinajstić information content (AvgIpc) is 2.47. The number of aromatic amines is 1. The molecule has 0 amide bonds. The van der Waals surface area contributed by atoms with Crippen molar-refractivity contribution >= 4 is 22.8 Å². The van der Waals surface area contributed by atoms with Crippen molar-refractivity contribution in [3.63, 3.8) is 0 Å². The van der Waals surface area contributed by atoms with Crippen LogP contribution in [0.15, 0.2) is 23.6 Å². The van der Waals surface area contributed by atoms with E-state index < -0.39 is 0 Å². The van der Waals surface area contributed by atoms with Gasteiger partial charge in [-0.1, -0.05) is 0 Å². The van der Waals surface area contributed by atoms with E-state index in [-0.39, 0.29) is 0 Å². The number of fused-ring (bicyclic) bond motifs is 1. The molecule has 2 aromatic heterocycles. The molecule has 56 valence electrons. The predicted octanol–water partition coefficient (Wildman–Crippen LogP) is 1.68. The molecule has 0 saturated heterocycles. The maximum absolute atomic E-state index is 4.07. The summed E-state index contributed by atoms with van der Waals surface area (Å²) in [5.41, 5.74) is 0.907. The van der Waals surface area contributed by atoms with E-state index in [1.165, 1.54) is 4.90 Å². The zero-order valence-electron chi connectivity index (χ0n) is 6.03. The van der Waals surface area contributed by atoms with Crippen molar-refractivity contribution in [2.24, 2.45) is 0 Å². The maximum atomic E-state index is 4.07. The molecule has 0 bridgehead atoms. The van der Waals surface area contributed by atoms with Crippen LogP contribution in [0, 0.1) is 0 Å². The van der Waals surface area contributed by atoms with Crippen LogP contribution in [0.5, 0.6) is 0 Å². The zero-order valence-corrected chi connectivity index (χ0v) is 6.85. The first-order valence-electron chi connectivity index (χ1n) is 3.23. The molecule has 0 aromatic carbocycles. The van der Waals surface area contributed by atoms with Gasteiger partial charge < -0.3 is 4.98 Å². The van der Waals surface area contributed by atoms with Crippen molar-refractivity contribution in [2.45, 2.75) is 4.90 Å². The normalized spacial score (nSPS) is 10.6. The predicted molar refractivity (Wildman–Crippen MR) is 45.7 cm³/mol. The van der Waals surface area contributed by atoms with Crippen LogP contribution in [-0.4, -0.2) is 21.2 Å². The summed E-state index contributed by atoms with van der Waals surface area (Å²) in [5, 5.41) is 1.10. The molecule has 1 N–H and O–H groups in total. The van der Waals surface area contributed by atoms with Gasteiger partial charge >= 0.3 is 0 Å². The number of hydrogen-bond acceptors (Lipinski definition) is 3. The van der Waals surface area contributed by atoms with Gasteiger partial charge in [-0.15, -0.1) is 11.8 Å². The van der Waals surface area contributed by atoms with Gasteiger partial charge in [-0.3, -0.25) is 0 Å². The second-order valence-electron chi connectivity index (χ2n) is 2.14. The van der Waals surface area contributed by atoms with Crippen molar-refractivity contribution in [2.75, 3.05) is 6.26 Å². The quantitative estimate of drug-likeness (QED) is 0.654. The molecule has 0 unspecified atom stereocenters. The van der Waals surface area contributed by atoms with E-state index in [0.717, 1.165) is 11.0 Å². The number of nitrogens with zero attached hydrogens (tertiary/aromatic N) is 2. The summed E-state index contributed by atoms with van der Waals surface area (Å²) < 4.78 is 0. The lowest BCUT2D eigenvalue weighted by atomic mass is 10.4. The summed E-state index contributed by atoms with van der Waals surface area (Å²) in [7, 11) is 0. The Morgan fingerprint density at radius 3 is 3.27 bits per heavy atom. The maximum Gasteiger partial charge on any atom is 0.141 e. The number of nitrogens with one attached hydrogen (secondary N) is 1. The fourth-order valence-corrected chi connectivity index (χ4v) is 1.55. The molecule has 0 aliphatic carbocycles. The van der Waals surface area contributed by atoms with Gasteiger partial charge in [0.15, 0.2) is 0 Å². The Bertz CT molecular complexity index is 368. The van der Waals surface area contributed by atoms with Crippen LogP contribution in [0.3, 0.4) is 0 Å². The first kappa shape index (κ1) is 6.67. The second-order valence-corrected chi connectivity index (χ2v) is 2.99. The van der Waals surface area contributed by atoms with Gasteiger partial charge in [-0.25, -0.2) is 9.97 Å². The Kier molecular flexibility index (Phi) is 1.54. The third-order valence-corrected chi connectivity index (χ3v) is 2.32. The van der Waals surface area contributed by atoms with E-state index in [1.54, 1.807) is 18.1 Å². The van der Waals surface area contributed by atoms with Gasteiger partial charge in [0.2, 0.25) is 0 Å². The van der Waals surface area contributed by atoms with Gasteiger partial charge in [0.05, 0.1) is 5.39 Å². The van der Waals surface area contributed by atoms with Gasteiger partial charge in [0, 0.05) is 17.3 Å². The molecule has 0 saturated carbocycles. The van der Waals surface area contributed by atoms with Crippen molar-refractivity contribution in [1.29, 1.82) is 0 Å².